The molecule has 0 radical (unpaired) electrons. The van der Waals surface area contributed by atoms with Gasteiger partial charge in [-0.1, -0.05) is 20.8 Å². The lowest BCUT2D eigenvalue weighted by molar-refractivity contribution is 0.0909. The van der Waals surface area contributed by atoms with Crippen LogP contribution in [0.15, 0.2) is 23.8 Å². The van der Waals surface area contributed by atoms with Crippen LogP contribution in [0.4, 0.5) is 0 Å². The highest BCUT2D eigenvalue weighted by molar-refractivity contribution is 7.09. The predicted octanol–water partition coefficient (Wildman–Crippen LogP) is 4.10. The first-order chi connectivity index (χ1) is 9.52. The number of carbonyl (C=O) groups is 1. The minimum Gasteiger partial charge on any atom is -0.341 e. The van der Waals surface area contributed by atoms with E-state index in [0.717, 1.165) is 23.4 Å². The first kappa shape index (κ1) is 13.6. The molecule has 106 valence electrons. The van der Waals surface area contributed by atoms with Crippen LogP contribution >= 0.6 is 11.3 Å². The summed E-state index contributed by atoms with van der Waals surface area (Å²) in [7, 11) is 0. The van der Waals surface area contributed by atoms with Gasteiger partial charge in [0.2, 0.25) is 0 Å². The number of rotatable bonds is 3. The molecular weight excluding hydrogens is 268 g/mol. The fourth-order valence-electron chi connectivity index (χ4n) is 3.15. The average molecular weight is 288 g/mol. The van der Waals surface area contributed by atoms with E-state index >= 15 is 0 Å². The van der Waals surface area contributed by atoms with Crippen LogP contribution in [0.3, 0.4) is 0 Å². The van der Waals surface area contributed by atoms with Crippen LogP contribution in [0.5, 0.6) is 0 Å². The van der Waals surface area contributed by atoms with Gasteiger partial charge in [-0.25, -0.2) is 4.98 Å². The van der Waals surface area contributed by atoms with Crippen molar-refractivity contribution in [3.05, 3.63) is 40.1 Å². The average Bonchev–Trinajstić information content (AvgIpc) is 3.00. The monoisotopic (exact) mass is 288 g/mol. The van der Waals surface area contributed by atoms with Crippen molar-refractivity contribution in [1.82, 2.24) is 9.55 Å². The van der Waals surface area contributed by atoms with Crippen molar-refractivity contribution in [2.45, 2.75) is 46.1 Å². The number of carbonyl (C=O) groups excluding carboxylic acids is 1. The topological polar surface area (TPSA) is 34.9 Å². The zero-order valence-corrected chi connectivity index (χ0v) is 13.0. The van der Waals surface area contributed by atoms with Gasteiger partial charge in [0.05, 0.1) is 6.04 Å². The number of thiazole rings is 1. The van der Waals surface area contributed by atoms with Gasteiger partial charge in [0.1, 0.15) is 5.01 Å². The molecule has 0 aromatic carbocycles. The molecule has 1 atom stereocenters. The standard InChI is InChI=1S/C16H20N2OS/c1-4-12(15-17-6-8-20-15)18-7-5-11-13(18)9-16(2,3)10-14(11)19/h5-8,12H,4,9-10H2,1-3H3. The van der Waals surface area contributed by atoms with E-state index in [0.29, 0.717) is 6.42 Å². The molecule has 3 nitrogen and oxygen atoms in total. The summed E-state index contributed by atoms with van der Waals surface area (Å²) in [6.07, 6.45) is 6.53. The molecule has 3 rings (SSSR count). The van der Waals surface area contributed by atoms with Crippen molar-refractivity contribution >= 4 is 17.1 Å². The van der Waals surface area contributed by atoms with E-state index in [9.17, 15) is 4.79 Å². The van der Waals surface area contributed by atoms with Gasteiger partial charge in [-0.05, 0) is 24.3 Å². The molecule has 2 heterocycles. The van der Waals surface area contributed by atoms with Crippen molar-refractivity contribution in [2.24, 2.45) is 5.41 Å². The van der Waals surface area contributed by atoms with Gasteiger partial charge in [0, 0.05) is 35.5 Å². The van der Waals surface area contributed by atoms with Gasteiger partial charge >= 0.3 is 0 Å². The summed E-state index contributed by atoms with van der Waals surface area (Å²) >= 11 is 1.69. The Hall–Kier alpha value is -1.42. The molecule has 0 aliphatic heterocycles. The minimum absolute atomic E-state index is 0.0569. The summed E-state index contributed by atoms with van der Waals surface area (Å²) < 4.78 is 2.27. The second kappa shape index (κ2) is 4.85. The molecule has 0 amide bonds. The van der Waals surface area contributed by atoms with E-state index in [2.05, 4.69) is 36.5 Å². The van der Waals surface area contributed by atoms with Gasteiger partial charge in [-0.2, -0.15) is 0 Å². The molecule has 2 aromatic heterocycles. The first-order valence-electron chi connectivity index (χ1n) is 7.14. The summed E-state index contributed by atoms with van der Waals surface area (Å²) in [5, 5.41) is 3.14. The van der Waals surface area contributed by atoms with Gasteiger partial charge < -0.3 is 4.57 Å². The van der Waals surface area contributed by atoms with E-state index in [-0.39, 0.29) is 17.2 Å². The summed E-state index contributed by atoms with van der Waals surface area (Å²) in [5.74, 6) is 0.281. The molecule has 20 heavy (non-hydrogen) atoms. The highest BCUT2D eigenvalue weighted by atomic mass is 32.1. The maximum atomic E-state index is 12.3. The number of hydrogen-bond acceptors (Lipinski definition) is 3. The van der Waals surface area contributed by atoms with Crippen molar-refractivity contribution in [3.8, 4) is 0 Å². The van der Waals surface area contributed by atoms with E-state index in [1.165, 1.54) is 5.69 Å². The van der Waals surface area contributed by atoms with Crippen LogP contribution in [0.25, 0.3) is 0 Å². The quantitative estimate of drug-likeness (QED) is 0.852. The SMILES string of the molecule is CCC(c1nccs1)n1ccc2c1CC(C)(C)CC2=O. The second-order valence-corrected chi connectivity index (χ2v) is 7.24. The van der Waals surface area contributed by atoms with Crippen LogP contribution in [0.1, 0.15) is 60.7 Å². The van der Waals surface area contributed by atoms with Crippen LogP contribution in [0.2, 0.25) is 0 Å². The van der Waals surface area contributed by atoms with Crippen molar-refractivity contribution < 1.29 is 4.79 Å². The lowest BCUT2D eigenvalue weighted by Crippen LogP contribution is -2.28. The van der Waals surface area contributed by atoms with E-state index in [1.54, 1.807) is 11.3 Å². The molecule has 0 bridgehead atoms. The third-order valence-corrected chi connectivity index (χ3v) is 4.95. The van der Waals surface area contributed by atoms with Crippen molar-refractivity contribution in [2.75, 3.05) is 0 Å². The fourth-order valence-corrected chi connectivity index (χ4v) is 3.97. The Kier molecular flexibility index (Phi) is 3.28. The van der Waals surface area contributed by atoms with E-state index in [4.69, 9.17) is 0 Å². The Balaban J connectivity index is 2.06. The van der Waals surface area contributed by atoms with Crippen LogP contribution in [-0.2, 0) is 6.42 Å². The third kappa shape index (κ3) is 2.22. The van der Waals surface area contributed by atoms with Crippen LogP contribution < -0.4 is 0 Å². The Labute approximate surface area is 123 Å². The molecule has 0 N–H and O–H groups in total. The van der Waals surface area contributed by atoms with Gasteiger partial charge in [-0.15, -0.1) is 11.3 Å². The number of fused-ring (bicyclic) bond motifs is 1. The smallest absolute Gasteiger partial charge is 0.165 e. The lowest BCUT2D eigenvalue weighted by atomic mass is 9.76. The third-order valence-electron chi connectivity index (χ3n) is 4.07. The largest absolute Gasteiger partial charge is 0.341 e. The number of ketones is 1. The molecular formula is C16H20N2OS. The molecule has 0 saturated heterocycles. The summed E-state index contributed by atoms with van der Waals surface area (Å²) in [4.78, 5) is 16.7. The molecule has 0 spiro atoms. The van der Waals surface area contributed by atoms with E-state index < -0.39 is 0 Å². The van der Waals surface area contributed by atoms with Gasteiger partial charge in [0.25, 0.3) is 0 Å². The highest BCUT2D eigenvalue weighted by Crippen LogP contribution is 2.37. The fraction of sp³-hybridized carbons (Fsp3) is 0.500. The molecule has 1 aliphatic rings. The highest BCUT2D eigenvalue weighted by Gasteiger charge is 2.34. The number of nitrogens with zero attached hydrogens (tertiary/aromatic N) is 2. The van der Waals surface area contributed by atoms with Crippen molar-refractivity contribution in [3.63, 3.8) is 0 Å². The molecule has 1 unspecified atom stereocenters. The summed E-state index contributed by atoms with van der Waals surface area (Å²) in [5.41, 5.74) is 2.16. The molecule has 0 saturated carbocycles. The Morgan fingerprint density at radius 3 is 2.90 bits per heavy atom. The molecule has 2 aromatic rings. The maximum absolute atomic E-state index is 12.3. The van der Waals surface area contributed by atoms with Gasteiger partial charge in [0.15, 0.2) is 5.78 Å². The van der Waals surface area contributed by atoms with Crippen LogP contribution in [-0.4, -0.2) is 15.3 Å². The minimum atomic E-state index is 0.0569. The normalized spacial score (nSPS) is 18.9. The first-order valence-corrected chi connectivity index (χ1v) is 8.02. The van der Waals surface area contributed by atoms with Gasteiger partial charge in [-0.3, -0.25) is 4.79 Å². The molecule has 0 fully saturated rings. The number of hydrogen-bond donors (Lipinski definition) is 0. The van der Waals surface area contributed by atoms with Crippen molar-refractivity contribution in [1.29, 1.82) is 0 Å². The van der Waals surface area contributed by atoms with Crippen LogP contribution in [0, 0.1) is 5.41 Å². The Bertz CT molecular complexity index is 625. The van der Waals surface area contributed by atoms with E-state index in [1.807, 2.05) is 17.6 Å². The zero-order chi connectivity index (χ0) is 14.3. The molecule has 4 heteroatoms. The maximum Gasteiger partial charge on any atom is 0.165 e. The second-order valence-electron chi connectivity index (χ2n) is 6.32. The Morgan fingerprint density at radius 1 is 1.45 bits per heavy atom. The Morgan fingerprint density at radius 2 is 2.25 bits per heavy atom. The number of aromatic nitrogens is 2. The lowest BCUT2D eigenvalue weighted by Gasteiger charge is -2.31. The zero-order valence-electron chi connectivity index (χ0n) is 12.2. The predicted molar refractivity (Wildman–Crippen MR) is 81.4 cm³/mol. The summed E-state index contributed by atoms with van der Waals surface area (Å²) in [6.45, 7) is 6.53. The summed E-state index contributed by atoms with van der Waals surface area (Å²) in [6, 6.07) is 2.24. The molecule has 1 aliphatic carbocycles. The number of Topliss-reactive ketones (excluding diaryl/α,β-unsaturated/α-hetero) is 1.